The summed E-state index contributed by atoms with van der Waals surface area (Å²) in [7, 11) is 1.63. The first-order valence-corrected chi connectivity index (χ1v) is 3.40. The third-order valence-corrected chi connectivity index (χ3v) is 1.27. The SMILES string of the molecule is COC(C)CNCC(N)=NO. The van der Waals surface area contributed by atoms with Crippen molar-refractivity contribution in [2.45, 2.75) is 13.0 Å². The molecule has 0 aromatic heterocycles. The summed E-state index contributed by atoms with van der Waals surface area (Å²) in [6, 6.07) is 0. The number of nitrogens with two attached hydrogens (primary N) is 1. The van der Waals surface area contributed by atoms with Crippen LogP contribution in [0.5, 0.6) is 0 Å². The Morgan fingerprint density at radius 2 is 2.45 bits per heavy atom. The maximum Gasteiger partial charge on any atom is 0.153 e. The van der Waals surface area contributed by atoms with Crippen molar-refractivity contribution in [3.8, 4) is 0 Å². The minimum Gasteiger partial charge on any atom is -0.409 e. The molecule has 0 radical (unpaired) electrons. The predicted molar refractivity (Wildman–Crippen MR) is 42.7 cm³/mol. The number of rotatable bonds is 5. The number of hydrogen-bond acceptors (Lipinski definition) is 4. The standard InChI is InChI=1S/C6H15N3O2/c1-5(11-2)3-8-4-6(7)9-10/h5,8,10H,3-4H2,1-2H3,(H2,7,9). The van der Waals surface area contributed by atoms with Crippen LogP contribution in [0.2, 0.25) is 0 Å². The Morgan fingerprint density at radius 3 is 2.91 bits per heavy atom. The molecule has 1 atom stereocenters. The number of amidine groups is 1. The molecule has 0 heterocycles. The monoisotopic (exact) mass is 161 g/mol. The molecule has 0 aliphatic heterocycles. The van der Waals surface area contributed by atoms with Crippen LogP contribution in [-0.2, 0) is 4.74 Å². The Kier molecular flexibility index (Phi) is 5.50. The van der Waals surface area contributed by atoms with Crippen molar-refractivity contribution < 1.29 is 9.94 Å². The van der Waals surface area contributed by atoms with Gasteiger partial charge < -0.3 is 21.0 Å². The molecular formula is C6H15N3O2. The van der Waals surface area contributed by atoms with Crippen molar-refractivity contribution in [1.29, 1.82) is 0 Å². The van der Waals surface area contributed by atoms with E-state index in [4.69, 9.17) is 15.7 Å². The smallest absolute Gasteiger partial charge is 0.153 e. The van der Waals surface area contributed by atoms with Gasteiger partial charge in [0.2, 0.25) is 0 Å². The Morgan fingerprint density at radius 1 is 1.82 bits per heavy atom. The Hall–Kier alpha value is -0.810. The van der Waals surface area contributed by atoms with E-state index >= 15 is 0 Å². The molecule has 0 saturated carbocycles. The summed E-state index contributed by atoms with van der Waals surface area (Å²) < 4.78 is 4.96. The lowest BCUT2D eigenvalue weighted by Gasteiger charge is -2.09. The highest BCUT2D eigenvalue weighted by Crippen LogP contribution is 1.82. The van der Waals surface area contributed by atoms with Crippen molar-refractivity contribution in [2.24, 2.45) is 10.9 Å². The zero-order valence-corrected chi connectivity index (χ0v) is 6.87. The lowest BCUT2D eigenvalue weighted by molar-refractivity contribution is 0.118. The van der Waals surface area contributed by atoms with Gasteiger partial charge in [0.25, 0.3) is 0 Å². The van der Waals surface area contributed by atoms with Crippen LogP contribution < -0.4 is 11.1 Å². The fourth-order valence-electron chi connectivity index (χ4n) is 0.522. The van der Waals surface area contributed by atoms with E-state index in [-0.39, 0.29) is 11.9 Å². The highest BCUT2D eigenvalue weighted by molar-refractivity contribution is 5.81. The zero-order valence-electron chi connectivity index (χ0n) is 6.87. The van der Waals surface area contributed by atoms with Crippen LogP contribution in [0, 0.1) is 0 Å². The molecule has 0 aromatic rings. The van der Waals surface area contributed by atoms with Crippen molar-refractivity contribution in [1.82, 2.24) is 5.32 Å². The normalized spacial score (nSPS) is 14.9. The predicted octanol–water partition coefficient (Wildman–Crippen LogP) is -0.643. The molecule has 5 nitrogen and oxygen atoms in total. The number of nitrogens with one attached hydrogen (secondary N) is 1. The lowest BCUT2D eigenvalue weighted by atomic mass is 10.4. The van der Waals surface area contributed by atoms with Crippen molar-refractivity contribution in [3.63, 3.8) is 0 Å². The second-order valence-electron chi connectivity index (χ2n) is 2.27. The van der Waals surface area contributed by atoms with Crippen LogP contribution in [0.3, 0.4) is 0 Å². The van der Waals surface area contributed by atoms with Gasteiger partial charge in [-0.3, -0.25) is 0 Å². The largest absolute Gasteiger partial charge is 0.409 e. The molecule has 0 fully saturated rings. The first-order chi connectivity index (χ1) is 5.20. The van der Waals surface area contributed by atoms with E-state index in [1.165, 1.54) is 0 Å². The number of nitrogens with zero attached hydrogens (tertiary/aromatic N) is 1. The summed E-state index contributed by atoms with van der Waals surface area (Å²) >= 11 is 0. The third kappa shape index (κ3) is 5.63. The van der Waals surface area contributed by atoms with Gasteiger partial charge in [0.1, 0.15) is 0 Å². The van der Waals surface area contributed by atoms with Crippen LogP contribution in [0.15, 0.2) is 5.16 Å². The molecule has 5 heteroatoms. The van der Waals surface area contributed by atoms with Gasteiger partial charge in [0, 0.05) is 13.7 Å². The van der Waals surface area contributed by atoms with Crippen LogP contribution >= 0.6 is 0 Å². The highest BCUT2D eigenvalue weighted by atomic mass is 16.5. The molecular weight excluding hydrogens is 146 g/mol. The van der Waals surface area contributed by atoms with Crippen LogP contribution in [-0.4, -0.2) is 37.3 Å². The van der Waals surface area contributed by atoms with Crippen molar-refractivity contribution in [3.05, 3.63) is 0 Å². The first kappa shape index (κ1) is 10.2. The van der Waals surface area contributed by atoms with Crippen molar-refractivity contribution >= 4 is 5.84 Å². The van der Waals surface area contributed by atoms with E-state index in [2.05, 4.69) is 10.5 Å². The van der Waals surface area contributed by atoms with Crippen LogP contribution in [0.25, 0.3) is 0 Å². The molecule has 0 bridgehead atoms. The van der Waals surface area contributed by atoms with Gasteiger partial charge in [0.05, 0.1) is 12.6 Å². The second kappa shape index (κ2) is 5.94. The van der Waals surface area contributed by atoms with Gasteiger partial charge in [-0.25, -0.2) is 0 Å². The molecule has 1 unspecified atom stereocenters. The molecule has 0 saturated heterocycles. The topological polar surface area (TPSA) is 79.9 Å². The van der Waals surface area contributed by atoms with E-state index in [1.807, 2.05) is 6.92 Å². The quantitative estimate of drug-likeness (QED) is 0.217. The molecule has 0 rings (SSSR count). The maximum absolute atomic E-state index is 8.15. The average molecular weight is 161 g/mol. The van der Waals surface area contributed by atoms with Gasteiger partial charge in [-0.1, -0.05) is 5.16 Å². The molecule has 11 heavy (non-hydrogen) atoms. The average Bonchev–Trinajstić information content (AvgIpc) is 2.04. The number of hydrogen-bond donors (Lipinski definition) is 3. The van der Waals surface area contributed by atoms with E-state index < -0.39 is 0 Å². The van der Waals surface area contributed by atoms with Crippen LogP contribution in [0.4, 0.5) is 0 Å². The third-order valence-electron chi connectivity index (χ3n) is 1.27. The maximum atomic E-state index is 8.15. The summed E-state index contributed by atoms with van der Waals surface area (Å²) in [4.78, 5) is 0. The summed E-state index contributed by atoms with van der Waals surface area (Å²) in [5, 5.41) is 13.9. The molecule has 4 N–H and O–H groups in total. The minimum absolute atomic E-state index is 0.140. The number of oxime groups is 1. The first-order valence-electron chi connectivity index (χ1n) is 3.40. The van der Waals surface area contributed by atoms with Gasteiger partial charge in [-0.05, 0) is 6.92 Å². The van der Waals surface area contributed by atoms with Crippen LogP contribution in [0.1, 0.15) is 6.92 Å². The molecule has 0 aromatic carbocycles. The van der Waals surface area contributed by atoms with E-state index in [0.717, 1.165) is 0 Å². The van der Waals surface area contributed by atoms with Gasteiger partial charge >= 0.3 is 0 Å². The highest BCUT2D eigenvalue weighted by Gasteiger charge is 1.98. The summed E-state index contributed by atoms with van der Waals surface area (Å²) in [6.07, 6.45) is 0.140. The van der Waals surface area contributed by atoms with E-state index in [0.29, 0.717) is 13.1 Å². The summed E-state index contributed by atoms with van der Waals surface area (Å²) in [6.45, 7) is 3.00. The Labute approximate surface area is 66.2 Å². The Bertz CT molecular complexity index is 127. The number of methoxy groups -OCH3 is 1. The fraction of sp³-hybridized carbons (Fsp3) is 0.833. The summed E-state index contributed by atoms with van der Waals surface area (Å²) in [5.74, 6) is 0.174. The van der Waals surface area contributed by atoms with E-state index in [1.54, 1.807) is 7.11 Å². The minimum atomic E-state index is 0.140. The fourth-order valence-corrected chi connectivity index (χ4v) is 0.522. The molecule has 0 aliphatic rings. The molecule has 0 spiro atoms. The van der Waals surface area contributed by atoms with Gasteiger partial charge in [-0.15, -0.1) is 0 Å². The lowest BCUT2D eigenvalue weighted by Crippen LogP contribution is -2.34. The van der Waals surface area contributed by atoms with Gasteiger partial charge in [0.15, 0.2) is 5.84 Å². The number of ether oxygens (including phenoxy) is 1. The summed E-state index contributed by atoms with van der Waals surface area (Å²) in [5.41, 5.74) is 5.20. The zero-order chi connectivity index (χ0) is 8.69. The molecule has 0 amide bonds. The Balaban J connectivity index is 3.27. The second-order valence-corrected chi connectivity index (χ2v) is 2.27. The van der Waals surface area contributed by atoms with E-state index in [9.17, 15) is 0 Å². The molecule has 66 valence electrons. The van der Waals surface area contributed by atoms with Crippen molar-refractivity contribution in [2.75, 3.05) is 20.2 Å². The molecule has 0 aliphatic carbocycles. The van der Waals surface area contributed by atoms with Gasteiger partial charge in [-0.2, -0.15) is 0 Å².